The van der Waals surface area contributed by atoms with E-state index in [1.807, 2.05) is 34.9 Å². The second-order valence-electron chi connectivity index (χ2n) is 18.9. The van der Waals surface area contributed by atoms with Crippen molar-refractivity contribution in [1.82, 2.24) is 9.80 Å². The third kappa shape index (κ3) is 10.5. The van der Waals surface area contributed by atoms with Gasteiger partial charge in [0, 0.05) is 57.5 Å². The smallest absolute Gasteiger partial charge is 0.311 e. The molecule has 4 aliphatic rings. The Kier molecular flexibility index (Phi) is 16.8. The first-order chi connectivity index (χ1) is 27.0. The van der Waals surface area contributed by atoms with E-state index in [4.69, 9.17) is 33.2 Å². The molecule has 0 saturated carbocycles. The van der Waals surface area contributed by atoms with Gasteiger partial charge in [-0.1, -0.05) is 27.7 Å². The number of hydrogen-bond donors (Lipinski definition) is 4. The second-order valence-corrected chi connectivity index (χ2v) is 18.9. The van der Waals surface area contributed by atoms with Gasteiger partial charge < -0.3 is 58.5 Å². The van der Waals surface area contributed by atoms with Gasteiger partial charge >= 0.3 is 5.97 Å². The van der Waals surface area contributed by atoms with Gasteiger partial charge in [-0.15, -0.1) is 0 Å². The number of ether oxygens (including phenoxy) is 7. The molecule has 0 bridgehead atoms. The summed E-state index contributed by atoms with van der Waals surface area (Å²) in [7, 11) is 7.09. The van der Waals surface area contributed by atoms with E-state index in [0.29, 0.717) is 12.8 Å². The van der Waals surface area contributed by atoms with Crippen LogP contribution in [0.3, 0.4) is 0 Å². The Hall–Kier alpha value is -1.34. The van der Waals surface area contributed by atoms with Gasteiger partial charge in [0.15, 0.2) is 12.6 Å². The Morgan fingerprint density at radius 1 is 0.845 bits per heavy atom. The zero-order chi connectivity index (χ0) is 43.7. The lowest BCUT2D eigenvalue weighted by Gasteiger charge is -2.52. The van der Waals surface area contributed by atoms with Crippen LogP contribution in [0.25, 0.3) is 0 Å². The van der Waals surface area contributed by atoms with Gasteiger partial charge in [-0.05, 0) is 87.7 Å². The Morgan fingerprint density at radius 2 is 1.45 bits per heavy atom. The first kappa shape index (κ1) is 49.3. The number of ketones is 1. The number of hydrogen-bond acceptors (Lipinski definition) is 15. The molecule has 0 radical (unpaired) electrons. The molecule has 15 nitrogen and oxygen atoms in total. The van der Waals surface area contributed by atoms with Crippen LogP contribution < -0.4 is 0 Å². The number of rotatable bonds is 9. The average molecular weight is 831 g/mol. The molecule has 0 unspecified atom stereocenters. The van der Waals surface area contributed by atoms with Crippen molar-refractivity contribution in [2.24, 2.45) is 23.7 Å². The van der Waals surface area contributed by atoms with E-state index in [-0.39, 0.29) is 49.3 Å². The summed E-state index contributed by atoms with van der Waals surface area (Å²) in [5.74, 6) is -4.28. The van der Waals surface area contributed by atoms with Crippen LogP contribution in [0.1, 0.15) is 108 Å². The quantitative estimate of drug-likeness (QED) is 0.249. The van der Waals surface area contributed by atoms with Crippen molar-refractivity contribution in [2.75, 3.05) is 41.4 Å². The van der Waals surface area contributed by atoms with Crippen LogP contribution >= 0.6 is 0 Å². The number of cyclic esters (lactones) is 1. The molecule has 4 heterocycles. The highest BCUT2D eigenvalue weighted by molar-refractivity contribution is 5.83. The maximum absolute atomic E-state index is 14.4. The van der Waals surface area contributed by atoms with Crippen LogP contribution in [-0.4, -0.2) is 174 Å². The highest BCUT2D eigenvalue weighted by Crippen LogP contribution is 2.42. The lowest BCUT2D eigenvalue weighted by atomic mass is 9.73. The summed E-state index contributed by atoms with van der Waals surface area (Å²) in [6.45, 7) is 19.0. The fourth-order valence-corrected chi connectivity index (χ4v) is 10.2. The van der Waals surface area contributed by atoms with E-state index in [9.17, 15) is 30.0 Å². The summed E-state index contributed by atoms with van der Waals surface area (Å²) in [4.78, 5) is 33.1. The molecule has 4 N–H and O–H groups in total. The van der Waals surface area contributed by atoms with Crippen molar-refractivity contribution >= 4 is 11.8 Å². The number of likely N-dealkylation sites (tertiary alicyclic amines) is 1. The fourth-order valence-electron chi connectivity index (χ4n) is 10.2. The SMILES string of the molecule is CC[C@H]1OC(=O)[C@H](C)[C@@H](O[C@H]2C[C@@](C)(OC)[C@@H](O)[C@H](C)O2)[C@H](C)[C@@H](O[C@@H]2O[C@H](C)C[C@@H](N3CCC(O)CC3)[C@@H]2N(C)C)[C@@](C)(OC)C[C@@H](C)C(=O)[C@H](C)[C@@H](O)[C@]1(C)O. The molecular formula is C43H78N2O13. The molecular weight excluding hydrogens is 752 g/mol. The van der Waals surface area contributed by atoms with Crippen molar-refractivity contribution in [3.05, 3.63) is 0 Å². The summed E-state index contributed by atoms with van der Waals surface area (Å²) in [5.41, 5.74) is -4.18. The minimum absolute atomic E-state index is 0.0386. The lowest BCUT2D eigenvalue weighted by Crippen LogP contribution is -2.65. The van der Waals surface area contributed by atoms with Crippen LogP contribution in [0.2, 0.25) is 0 Å². The van der Waals surface area contributed by atoms with Crippen molar-refractivity contribution < 1.29 is 63.2 Å². The first-order valence-corrected chi connectivity index (χ1v) is 21.6. The molecule has 4 saturated heterocycles. The van der Waals surface area contributed by atoms with E-state index in [1.165, 1.54) is 14.0 Å². The minimum Gasteiger partial charge on any atom is -0.459 e. The molecule has 0 spiro atoms. The number of methoxy groups -OCH3 is 2. The highest BCUT2D eigenvalue weighted by Gasteiger charge is 2.54. The third-order valence-electron chi connectivity index (χ3n) is 14.2. The summed E-state index contributed by atoms with van der Waals surface area (Å²) in [5, 5.41) is 44.7. The zero-order valence-electron chi connectivity index (χ0n) is 37.8. The van der Waals surface area contributed by atoms with Crippen LogP contribution in [0, 0.1) is 23.7 Å². The Morgan fingerprint density at radius 3 is 2.00 bits per heavy atom. The van der Waals surface area contributed by atoms with Crippen LogP contribution in [-0.2, 0) is 42.7 Å². The molecule has 0 aromatic carbocycles. The number of Topliss-reactive ketones (excluding diaryl/α,β-unsaturated/α-hetero) is 1. The second kappa shape index (κ2) is 19.8. The predicted octanol–water partition coefficient (Wildman–Crippen LogP) is 2.90. The van der Waals surface area contributed by atoms with E-state index < -0.39 is 95.6 Å². The molecule has 0 aliphatic carbocycles. The Labute approximate surface area is 347 Å². The molecule has 4 aliphatic heterocycles. The number of likely N-dealkylation sites (N-methyl/N-ethyl adjacent to an activating group) is 1. The van der Waals surface area contributed by atoms with Gasteiger partial charge in [-0.3, -0.25) is 14.5 Å². The summed E-state index contributed by atoms with van der Waals surface area (Å²) < 4.78 is 45.4. The van der Waals surface area contributed by atoms with E-state index in [0.717, 1.165) is 19.5 Å². The number of esters is 1. The monoisotopic (exact) mass is 831 g/mol. The highest BCUT2D eigenvalue weighted by atomic mass is 16.7. The van der Waals surface area contributed by atoms with Gasteiger partial charge in [-0.25, -0.2) is 0 Å². The number of nitrogens with zero attached hydrogens (tertiary/aromatic N) is 2. The van der Waals surface area contributed by atoms with Gasteiger partial charge in [-0.2, -0.15) is 0 Å². The summed E-state index contributed by atoms with van der Waals surface area (Å²) in [6.07, 6.45) is -5.79. The molecule has 15 heteroatoms. The molecule has 338 valence electrons. The first-order valence-electron chi connectivity index (χ1n) is 21.6. The molecule has 0 aromatic rings. The third-order valence-corrected chi connectivity index (χ3v) is 14.2. The summed E-state index contributed by atoms with van der Waals surface area (Å²) in [6, 6.07) is -0.209. The molecule has 0 aromatic heterocycles. The number of carbonyl (C=O) groups excluding carboxylic acids is 2. The van der Waals surface area contributed by atoms with Crippen molar-refractivity contribution in [3.8, 4) is 0 Å². The molecule has 58 heavy (non-hydrogen) atoms. The van der Waals surface area contributed by atoms with Crippen LogP contribution in [0.4, 0.5) is 0 Å². The molecule has 0 amide bonds. The molecule has 18 atom stereocenters. The predicted molar refractivity (Wildman–Crippen MR) is 216 cm³/mol. The maximum Gasteiger partial charge on any atom is 0.311 e. The zero-order valence-corrected chi connectivity index (χ0v) is 37.8. The number of carbonyl (C=O) groups is 2. The van der Waals surface area contributed by atoms with E-state index in [1.54, 1.807) is 48.7 Å². The fraction of sp³-hybridized carbons (Fsp3) is 0.953. The van der Waals surface area contributed by atoms with Crippen molar-refractivity contribution in [1.29, 1.82) is 0 Å². The van der Waals surface area contributed by atoms with Gasteiger partial charge in [0.05, 0.1) is 59.8 Å². The lowest BCUT2D eigenvalue weighted by molar-refractivity contribution is -0.314. The number of aliphatic hydroxyl groups excluding tert-OH is 3. The van der Waals surface area contributed by atoms with Crippen LogP contribution in [0.5, 0.6) is 0 Å². The normalized spacial score (nSPS) is 47.5. The minimum atomic E-state index is -1.96. The van der Waals surface area contributed by atoms with Gasteiger partial charge in [0.2, 0.25) is 0 Å². The number of piperidine rings is 1. The molecule has 4 rings (SSSR count). The summed E-state index contributed by atoms with van der Waals surface area (Å²) >= 11 is 0. The van der Waals surface area contributed by atoms with Gasteiger partial charge in [0.25, 0.3) is 0 Å². The van der Waals surface area contributed by atoms with E-state index >= 15 is 0 Å². The van der Waals surface area contributed by atoms with Crippen molar-refractivity contribution in [2.45, 2.75) is 198 Å². The Bertz CT molecular complexity index is 1350. The van der Waals surface area contributed by atoms with Crippen LogP contribution in [0.15, 0.2) is 0 Å². The van der Waals surface area contributed by atoms with Crippen molar-refractivity contribution in [3.63, 3.8) is 0 Å². The number of aliphatic hydroxyl groups is 4. The average Bonchev–Trinajstić information content (AvgIpc) is 3.17. The Balaban J connectivity index is 1.87. The van der Waals surface area contributed by atoms with Gasteiger partial charge in [0.1, 0.15) is 23.6 Å². The molecule has 4 fully saturated rings. The van der Waals surface area contributed by atoms with E-state index in [2.05, 4.69) is 9.80 Å². The standard InChI is InChI=1S/C43H78N2O13/c1-15-31-43(10,51)36(48)25(4)34(47)23(2)21-42(9,53-14)38(58-40-33(44(11)12)30(20-24(3)54-40)45-18-16-29(46)17-19-45)26(5)35(27(6)39(50)56-31)57-32-22-41(8,52-13)37(49)28(7)55-32/h23-33,35-38,40,46,48-49,51H,15-22H2,1-14H3/t23-,24-,25+,26+,27-,28+,30-,31-,32+,33+,35+,36-,37+,38-,40+,41-,42+,43-/m1/s1. The largest absolute Gasteiger partial charge is 0.459 e. The topological polar surface area (TPSA) is 186 Å². The maximum atomic E-state index is 14.4.